The van der Waals surface area contributed by atoms with Crippen LogP contribution in [0.3, 0.4) is 0 Å². The first-order valence-electron chi connectivity index (χ1n) is 10.5. The molecule has 0 unspecified atom stereocenters. The van der Waals surface area contributed by atoms with Gasteiger partial charge in [0.15, 0.2) is 5.60 Å². The number of amides is 1. The van der Waals surface area contributed by atoms with Crippen LogP contribution in [-0.4, -0.2) is 46.1 Å². The van der Waals surface area contributed by atoms with E-state index in [0.717, 1.165) is 36.9 Å². The molecule has 1 saturated heterocycles. The summed E-state index contributed by atoms with van der Waals surface area (Å²) in [7, 11) is 0. The molecule has 2 heterocycles. The number of aliphatic hydroxyl groups is 1. The fraction of sp³-hybridized carbons (Fsp3) is 0.375. The molecule has 0 bridgehead atoms. The number of rotatable bonds is 8. The smallest absolute Gasteiger partial charge is 0.255 e. The largest absolute Gasteiger partial charge is 0.379 e. The minimum absolute atomic E-state index is 0.135. The minimum Gasteiger partial charge on any atom is -0.379 e. The highest BCUT2D eigenvalue weighted by Gasteiger charge is 2.41. The molecule has 5 nitrogen and oxygen atoms in total. The van der Waals surface area contributed by atoms with Crippen molar-refractivity contribution in [2.75, 3.05) is 19.6 Å². The van der Waals surface area contributed by atoms with Crippen LogP contribution in [0.1, 0.15) is 30.4 Å². The Morgan fingerprint density at radius 3 is 2.83 bits per heavy atom. The van der Waals surface area contributed by atoms with Gasteiger partial charge in [-0.2, -0.15) is 0 Å². The molecule has 1 fully saturated rings. The van der Waals surface area contributed by atoms with Gasteiger partial charge < -0.3 is 20.3 Å². The number of aromatic nitrogens is 1. The fourth-order valence-corrected chi connectivity index (χ4v) is 4.18. The van der Waals surface area contributed by atoms with Gasteiger partial charge in [0, 0.05) is 37.9 Å². The van der Waals surface area contributed by atoms with Gasteiger partial charge in [-0.15, -0.1) is 0 Å². The van der Waals surface area contributed by atoms with Gasteiger partial charge in [-0.1, -0.05) is 42.5 Å². The van der Waals surface area contributed by atoms with Crippen molar-refractivity contribution < 1.29 is 9.90 Å². The number of H-pyrrole nitrogens is 1. The molecule has 1 aliphatic rings. The summed E-state index contributed by atoms with van der Waals surface area (Å²) < 4.78 is 0. The van der Waals surface area contributed by atoms with Gasteiger partial charge in [-0.25, -0.2) is 0 Å². The average molecular weight is 392 g/mol. The van der Waals surface area contributed by atoms with E-state index in [1.54, 1.807) is 0 Å². The van der Waals surface area contributed by atoms with Crippen molar-refractivity contribution in [1.82, 2.24) is 15.2 Å². The summed E-state index contributed by atoms with van der Waals surface area (Å²) in [5.74, 6) is -0.135. The van der Waals surface area contributed by atoms with E-state index in [2.05, 4.69) is 40.6 Å². The first-order chi connectivity index (χ1) is 14.1. The Labute approximate surface area is 171 Å². The quantitative estimate of drug-likeness (QED) is 0.552. The normalized spacial score (nSPS) is 19.8. The predicted octanol–water partition coefficient (Wildman–Crippen LogP) is 3.24. The second-order valence-corrected chi connectivity index (χ2v) is 8.02. The molecule has 152 valence electrons. The van der Waals surface area contributed by atoms with Crippen molar-refractivity contribution in [2.24, 2.45) is 0 Å². The van der Waals surface area contributed by atoms with Crippen LogP contribution in [0.5, 0.6) is 0 Å². The number of fused-ring (bicyclic) bond motifs is 1. The number of aromatic amines is 1. The standard InChI is InChI=1S/C24H29N3O2/c28-23-24(29,18-25-17-20-9-10-21-11-13-26-22(21)16-20)12-5-15-27(23)14-4-8-19-6-2-1-3-7-19/h1-3,6-7,9-11,13,16,25-26,29H,4-5,8,12,14-15,17-18H2/t24-/m1/s1. The third kappa shape index (κ3) is 4.69. The van der Waals surface area contributed by atoms with Crippen molar-refractivity contribution in [1.29, 1.82) is 0 Å². The average Bonchev–Trinajstić information content (AvgIpc) is 3.20. The molecule has 0 spiro atoms. The molecule has 0 saturated carbocycles. The van der Waals surface area contributed by atoms with Crippen LogP contribution >= 0.6 is 0 Å². The molecule has 1 amide bonds. The monoisotopic (exact) mass is 391 g/mol. The van der Waals surface area contributed by atoms with Crippen molar-refractivity contribution in [3.05, 3.63) is 71.9 Å². The van der Waals surface area contributed by atoms with E-state index in [9.17, 15) is 9.90 Å². The number of benzene rings is 2. The number of carbonyl (C=O) groups is 1. The Hall–Kier alpha value is -2.63. The Balaban J connectivity index is 1.28. The molecule has 29 heavy (non-hydrogen) atoms. The summed E-state index contributed by atoms with van der Waals surface area (Å²) in [6.45, 7) is 2.33. The van der Waals surface area contributed by atoms with E-state index in [0.29, 0.717) is 19.5 Å². The Bertz CT molecular complexity index is 953. The Morgan fingerprint density at radius 2 is 1.97 bits per heavy atom. The molecule has 2 aromatic carbocycles. The minimum atomic E-state index is -1.30. The van der Waals surface area contributed by atoms with Gasteiger partial charge in [-0.3, -0.25) is 4.79 Å². The Morgan fingerprint density at radius 1 is 1.10 bits per heavy atom. The topological polar surface area (TPSA) is 68.4 Å². The van der Waals surface area contributed by atoms with Crippen LogP contribution in [0.15, 0.2) is 60.8 Å². The molecule has 0 radical (unpaired) electrons. The summed E-state index contributed by atoms with van der Waals surface area (Å²) in [5.41, 5.74) is 2.21. The second-order valence-electron chi connectivity index (χ2n) is 8.02. The summed E-state index contributed by atoms with van der Waals surface area (Å²) in [5, 5.41) is 15.5. The van der Waals surface area contributed by atoms with Crippen molar-refractivity contribution in [3.8, 4) is 0 Å². The van der Waals surface area contributed by atoms with Gasteiger partial charge >= 0.3 is 0 Å². The maximum atomic E-state index is 12.9. The van der Waals surface area contributed by atoms with Crippen molar-refractivity contribution in [3.63, 3.8) is 0 Å². The summed E-state index contributed by atoms with van der Waals surface area (Å²) in [6.07, 6.45) is 5.14. The maximum absolute atomic E-state index is 12.9. The zero-order chi connectivity index (χ0) is 20.1. The molecular formula is C24H29N3O2. The molecule has 3 aromatic rings. The Kier molecular flexibility index (Phi) is 5.97. The summed E-state index contributed by atoms with van der Waals surface area (Å²) in [6, 6.07) is 18.6. The molecule has 1 aliphatic heterocycles. The molecule has 3 N–H and O–H groups in total. The number of hydrogen-bond acceptors (Lipinski definition) is 3. The third-order valence-electron chi connectivity index (χ3n) is 5.81. The number of likely N-dealkylation sites (tertiary alicyclic amines) is 1. The molecule has 1 atom stereocenters. The first kappa shape index (κ1) is 19.7. The SMILES string of the molecule is O=C1N(CCCc2ccccc2)CCC[C@@]1(O)CNCc1ccc2cc[nH]c2c1. The number of aryl methyl sites for hydroxylation is 1. The lowest BCUT2D eigenvalue weighted by molar-refractivity contribution is -0.156. The van der Waals surface area contributed by atoms with Gasteiger partial charge in [0.05, 0.1) is 0 Å². The molecule has 0 aliphatic carbocycles. The van der Waals surface area contributed by atoms with Crippen molar-refractivity contribution >= 4 is 16.8 Å². The number of piperidine rings is 1. The summed E-state index contributed by atoms with van der Waals surface area (Å²) in [4.78, 5) is 17.9. The molecule has 1 aromatic heterocycles. The number of nitrogens with one attached hydrogen (secondary N) is 2. The van der Waals surface area contributed by atoms with E-state index < -0.39 is 5.60 Å². The lowest BCUT2D eigenvalue weighted by Gasteiger charge is -2.38. The van der Waals surface area contributed by atoms with E-state index in [1.807, 2.05) is 35.4 Å². The second kappa shape index (κ2) is 8.80. The molecule has 4 rings (SSSR count). The first-order valence-corrected chi connectivity index (χ1v) is 10.5. The van der Waals surface area contributed by atoms with Crippen LogP contribution in [0.4, 0.5) is 0 Å². The fourth-order valence-electron chi connectivity index (χ4n) is 4.18. The van der Waals surface area contributed by atoms with E-state index in [-0.39, 0.29) is 12.5 Å². The highest BCUT2D eigenvalue weighted by Crippen LogP contribution is 2.23. The van der Waals surface area contributed by atoms with Crippen molar-refractivity contribution in [2.45, 2.75) is 37.8 Å². The highest BCUT2D eigenvalue weighted by molar-refractivity contribution is 5.86. The number of hydrogen-bond donors (Lipinski definition) is 3. The summed E-state index contributed by atoms with van der Waals surface area (Å²) >= 11 is 0. The van der Waals surface area contributed by atoms with Crippen LogP contribution in [0.2, 0.25) is 0 Å². The van der Waals surface area contributed by atoms with E-state index >= 15 is 0 Å². The predicted molar refractivity (Wildman–Crippen MR) is 116 cm³/mol. The zero-order valence-corrected chi connectivity index (χ0v) is 16.7. The highest BCUT2D eigenvalue weighted by atomic mass is 16.3. The molecule has 5 heteroatoms. The van der Waals surface area contributed by atoms with E-state index in [1.165, 1.54) is 10.9 Å². The van der Waals surface area contributed by atoms with Crippen LogP contribution in [-0.2, 0) is 17.8 Å². The van der Waals surface area contributed by atoms with Gasteiger partial charge in [0.2, 0.25) is 0 Å². The number of nitrogens with zero attached hydrogens (tertiary/aromatic N) is 1. The van der Waals surface area contributed by atoms with Gasteiger partial charge in [-0.05, 0) is 54.3 Å². The number of carbonyl (C=O) groups excluding carboxylic acids is 1. The lowest BCUT2D eigenvalue weighted by Crippen LogP contribution is -2.58. The lowest BCUT2D eigenvalue weighted by atomic mass is 9.91. The maximum Gasteiger partial charge on any atom is 0.255 e. The van der Waals surface area contributed by atoms with Gasteiger partial charge in [0.1, 0.15) is 0 Å². The van der Waals surface area contributed by atoms with Gasteiger partial charge in [0.25, 0.3) is 5.91 Å². The van der Waals surface area contributed by atoms with E-state index in [4.69, 9.17) is 0 Å². The van der Waals surface area contributed by atoms with Crippen LogP contribution in [0.25, 0.3) is 10.9 Å². The van der Waals surface area contributed by atoms with Crippen LogP contribution < -0.4 is 5.32 Å². The van der Waals surface area contributed by atoms with Crippen LogP contribution in [0, 0.1) is 0 Å². The zero-order valence-electron chi connectivity index (χ0n) is 16.7. The third-order valence-corrected chi connectivity index (χ3v) is 5.81. The molecular weight excluding hydrogens is 362 g/mol.